The molecule has 1 atom stereocenters. The molecule has 0 aliphatic carbocycles. The quantitative estimate of drug-likeness (QED) is 0.140. The predicted octanol–water partition coefficient (Wildman–Crippen LogP) is 6.71. The van der Waals surface area contributed by atoms with E-state index in [0.717, 1.165) is 28.9 Å². The van der Waals surface area contributed by atoms with Crippen LogP contribution in [0.25, 0.3) is 6.08 Å². The highest BCUT2D eigenvalue weighted by Crippen LogP contribution is 2.43. The van der Waals surface area contributed by atoms with Crippen LogP contribution >= 0.6 is 23.1 Å². The number of aromatic nitrogens is 2. The van der Waals surface area contributed by atoms with Crippen LogP contribution in [0.4, 0.5) is 9.52 Å². The Balaban J connectivity index is 1.47. The third-order valence-corrected chi connectivity index (χ3v) is 8.42. The second-order valence-electron chi connectivity index (χ2n) is 8.77. The Bertz CT molecular complexity index is 1570. The number of rotatable bonds is 9. The molecule has 1 amide bonds. The lowest BCUT2D eigenvalue weighted by Gasteiger charge is -2.24. The second kappa shape index (κ2) is 11.8. The van der Waals surface area contributed by atoms with Crippen LogP contribution in [-0.4, -0.2) is 27.0 Å². The number of aryl methyl sites for hydroxylation is 1. The first-order valence-electron chi connectivity index (χ1n) is 12.3. The number of benzene rings is 3. The molecular formula is C30H24FN3O3S2. The van der Waals surface area contributed by atoms with E-state index in [0.29, 0.717) is 21.2 Å². The maximum Gasteiger partial charge on any atom is 0.296 e. The summed E-state index contributed by atoms with van der Waals surface area (Å²) in [5.41, 5.74) is 3.09. The van der Waals surface area contributed by atoms with Gasteiger partial charge in [-0.2, -0.15) is 0 Å². The van der Waals surface area contributed by atoms with E-state index in [9.17, 15) is 19.1 Å². The van der Waals surface area contributed by atoms with Crippen molar-refractivity contribution in [1.82, 2.24) is 10.2 Å². The molecule has 39 heavy (non-hydrogen) atoms. The van der Waals surface area contributed by atoms with Gasteiger partial charge in [-0.25, -0.2) is 4.39 Å². The molecule has 0 saturated carbocycles. The van der Waals surface area contributed by atoms with E-state index in [2.05, 4.69) is 10.2 Å². The topological polar surface area (TPSA) is 83.4 Å². The van der Waals surface area contributed by atoms with Crippen molar-refractivity contribution in [1.29, 1.82) is 0 Å². The zero-order valence-electron chi connectivity index (χ0n) is 21.0. The van der Waals surface area contributed by atoms with Gasteiger partial charge < -0.3 is 5.11 Å². The predicted molar refractivity (Wildman–Crippen MR) is 152 cm³/mol. The van der Waals surface area contributed by atoms with E-state index in [-0.39, 0.29) is 16.5 Å². The third-order valence-electron chi connectivity index (χ3n) is 6.31. The molecule has 9 heteroatoms. The van der Waals surface area contributed by atoms with Crippen molar-refractivity contribution in [2.75, 3.05) is 4.90 Å². The Morgan fingerprint density at radius 2 is 1.77 bits per heavy atom. The van der Waals surface area contributed by atoms with Gasteiger partial charge in [-0.15, -0.1) is 10.2 Å². The molecule has 2 heterocycles. The number of aliphatic hydroxyl groups excluding tert-OH is 1. The average Bonchev–Trinajstić information content (AvgIpc) is 3.53. The fourth-order valence-electron chi connectivity index (χ4n) is 4.24. The van der Waals surface area contributed by atoms with Crippen LogP contribution in [0.2, 0.25) is 0 Å². The molecule has 5 rings (SSSR count). The van der Waals surface area contributed by atoms with E-state index < -0.39 is 23.5 Å². The molecule has 0 bridgehead atoms. The van der Waals surface area contributed by atoms with Crippen molar-refractivity contribution >= 4 is 46.0 Å². The Hall–Kier alpha value is -4.08. The van der Waals surface area contributed by atoms with Crippen molar-refractivity contribution in [3.8, 4) is 0 Å². The summed E-state index contributed by atoms with van der Waals surface area (Å²) in [6, 6.07) is 22.5. The lowest BCUT2D eigenvalue weighted by atomic mass is 9.95. The van der Waals surface area contributed by atoms with Gasteiger partial charge in [0, 0.05) is 5.75 Å². The van der Waals surface area contributed by atoms with Crippen molar-refractivity contribution < 1.29 is 19.1 Å². The van der Waals surface area contributed by atoms with E-state index in [4.69, 9.17) is 0 Å². The number of carbonyl (C=O) groups excluding carboxylic acids is 2. The number of halogens is 1. The van der Waals surface area contributed by atoms with Crippen LogP contribution in [0.15, 0.2) is 101 Å². The lowest BCUT2D eigenvalue weighted by Crippen LogP contribution is -2.30. The maximum absolute atomic E-state index is 14.1. The average molecular weight is 558 g/mol. The number of carbonyl (C=O) groups is 2. The molecule has 0 fully saturated rings. The van der Waals surface area contributed by atoms with E-state index in [1.165, 1.54) is 28.8 Å². The molecule has 0 saturated heterocycles. The zero-order chi connectivity index (χ0) is 27.4. The number of anilines is 1. The Morgan fingerprint density at radius 3 is 2.49 bits per heavy atom. The van der Waals surface area contributed by atoms with Gasteiger partial charge in [0.25, 0.3) is 5.91 Å². The SMILES string of the molecule is CCc1ccc(C2C(C(=O)C=Cc3ccccc3)=C(O)C(=O)N2c2nnc(SCc3ccccc3F)s2)cc1. The molecule has 0 spiro atoms. The van der Waals surface area contributed by atoms with Crippen molar-refractivity contribution in [2.24, 2.45) is 0 Å². The first-order chi connectivity index (χ1) is 19.0. The number of nitrogens with zero attached hydrogens (tertiary/aromatic N) is 3. The molecular weight excluding hydrogens is 533 g/mol. The van der Waals surface area contributed by atoms with Crippen LogP contribution in [0.1, 0.15) is 35.2 Å². The molecule has 4 aromatic rings. The Labute approximate surface area is 233 Å². The summed E-state index contributed by atoms with van der Waals surface area (Å²) in [4.78, 5) is 28.1. The number of amides is 1. The number of allylic oxidation sites excluding steroid dienone is 1. The number of hydrogen-bond donors (Lipinski definition) is 1. The highest BCUT2D eigenvalue weighted by atomic mass is 32.2. The lowest BCUT2D eigenvalue weighted by molar-refractivity contribution is -0.117. The van der Waals surface area contributed by atoms with Gasteiger partial charge in [-0.3, -0.25) is 14.5 Å². The molecule has 1 aliphatic heterocycles. The van der Waals surface area contributed by atoms with Crippen molar-refractivity contribution in [3.05, 3.63) is 124 Å². The Morgan fingerprint density at radius 1 is 1.05 bits per heavy atom. The summed E-state index contributed by atoms with van der Waals surface area (Å²) in [5, 5.41) is 19.5. The minimum Gasteiger partial charge on any atom is -0.503 e. The molecule has 1 aliphatic rings. The van der Waals surface area contributed by atoms with Gasteiger partial charge in [-0.05, 0) is 40.8 Å². The van der Waals surface area contributed by atoms with Crippen LogP contribution in [-0.2, 0) is 21.8 Å². The number of ketones is 1. The molecule has 0 radical (unpaired) electrons. The smallest absolute Gasteiger partial charge is 0.296 e. The number of aliphatic hydroxyl groups is 1. The largest absolute Gasteiger partial charge is 0.503 e. The van der Waals surface area contributed by atoms with E-state index in [1.807, 2.05) is 61.5 Å². The minimum atomic E-state index is -0.881. The normalized spacial score (nSPS) is 15.5. The van der Waals surface area contributed by atoms with Gasteiger partial charge >= 0.3 is 0 Å². The molecule has 6 nitrogen and oxygen atoms in total. The first kappa shape index (κ1) is 26.5. The fourth-order valence-corrected chi connectivity index (χ4v) is 6.10. The second-order valence-corrected chi connectivity index (χ2v) is 11.0. The van der Waals surface area contributed by atoms with Crippen LogP contribution < -0.4 is 4.90 Å². The molecule has 1 aromatic heterocycles. The Kier molecular flexibility index (Phi) is 7.99. The van der Waals surface area contributed by atoms with Gasteiger partial charge in [-0.1, -0.05) is 109 Å². The monoisotopic (exact) mass is 557 g/mol. The molecule has 1 N–H and O–H groups in total. The summed E-state index contributed by atoms with van der Waals surface area (Å²) in [7, 11) is 0. The summed E-state index contributed by atoms with van der Waals surface area (Å²) in [6.07, 6.45) is 3.84. The summed E-state index contributed by atoms with van der Waals surface area (Å²) in [6.45, 7) is 2.04. The fraction of sp³-hybridized carbons (Fsp3) is 0.133. The van der Waals surface area contributed by atoms with E-state index in [1.54, 1.807) is 24.3 Å². The minimum absolute atomic E-state index is 0.0211. The first-order valence-corrected chi connectivity index (χ1v) is 14.1. The van der Waals surface area contributed by atoms with Gasteiger partial charge in [0.05, 0.1) is 11.6 Å². The molecule has 196 valence electrons. The summed E-state index contributed by atoms with van der Waals surface area (Å²) >= 11 is 2.44. The van der Waals surface area contributed by atoms with Crippen LogP contribution in [0.5, 0.6) is 0 Å². The number of hydrogen-bond acceptors (Lipinski definition) is 7. The van der Waals surface area contributed by atoms with Crippen molar-refractivity contribution in [2.45, 2.75) is 29.5 Å². The van der Waals surface area contributed by atoms with Crippen molar-refractivity contribution in [3.63, 3.8) is 0 Å². The molecule has 3 aromatic carbocycles. The standard InChI is InChI=1S/C30H24FN3O3S2/c1-2-19-12-15-21(16-13-19)26-25(24(35)17-14-20-8-4-3-5-9-20)27(36)28(37)34(26)29-32-33-30(39-29)38-18-22-10-6-7-11-23(22)31/h3-17,26,36H,2,18H2,1H3. The summed E-state index contributed by atoms with van der Waals surface area (Å²) in [5.74, 6) is -1.78. The van der Waals surface area contributed by atoms with Gasteiger partial charge in [0.2, 0.25) is 5.13 Å². The van der Waals surface area contributed by atoms with Crippen LogP contribution in [0.3, 0.4) is 0 Å². The highest BCUT2D eigenvalue weighted by Gasteiger charge is 2.45. The zero-order valence-corrected chi connectivity index (χ0v) is 22.6. The number of thioether (sulfide) groups is 1. The van der Waals surface area contributed by atoms with Gasteiger partial charge in [0.1, 0.15) is 5.82 Å². The van der Waals surface area contributed by atoms with Gasteiger partial charge in [0.15, 0.2) is 15.9 Å². The highest BCUT2D eigenvalue weighted by molar-refractivity contribution is 8.00. The molecule has 1 unspecified atom stereocenters. The third kappa shape index (κ3) is 5.69. The van der Waals surface area contributed by atoms with E-state index >= 15 is 0 Å². The summed E-state index contributed by atoms with van der Waals surface area (Å²) < 4.78 is 14.6. The van der Waals surface area contributed by atoms with Crippen LogP contribution in [0, 0.1) is 5.82 Å². The maximum atomic E-state index is 14.1.